The van der Waals surface area contributed by atoms with Gasteiger partial charge < -0.3 is 8.85 Å². The van der Waals surface area contributed by atoms with Gasteiger partial charge in [-0.05, 0) is 51.5 Å². The Labute approximate surface area is 171 Å². The van der Waals surface area contributed by atoms with Crippen molar-refractivity contribution < 1.29 is 8.85 Å². The highest BCUT2D eigenvalue weighted by Crippen LogP contribution is 2.43. The van der Waals surface area contributed by atoms with Crippen molar-refractivity contribution in [1.82, 2.24) is 0 Å². The topological polar surface area (TPSA) is 18.5 Å². The molecule has 2 nitrogen and oxygen atoms in total. The van der Waals surface area contributed by atoms with Gasteiger partial charge >= 0.3 is 8.56 Å². The van der Waals surface area contributed by atoms with Crippen LogP contribution < -0.4 is 0 Å². The molecule has 0 aliphatic heterocycles. The fourth-order valence-electron chi connectivity index (χ4n) is 5.54. The van der Waals surface area contributed by atoms with E-state index in [2.05, 4.69) is 20.8 Å². The quantitative estimate of drug-likeness (QED) is 0.231. The second-order valence-corrected chi connectivity index (χ2v) is 12.8. The van der Waals surface area contributed by atoms with Crippen LogP contribution in [0, 0.1) is 5.92 Å². The Balaban J connectivity index is 1.99. The lowest BCUT2D eigenvalue weighted by Gasteiger charge is -2.43. The molecule has 27 heavy (non-hydrogen) atoms. The third kappa shape index (κ3) is 7.82. The summed E-state index contributed by atoms with van der Waals surface area (Å²) in [5.41, 5.74) is 0.743. The van der Waals surface area contributed by atoms with Crippen LogP contribution in [0.1, 0.15) is 124 Å². The van der Waals surface area contributed by atoms with Crippen LogP contribution in [0.3, 0.4) is 0 Å². The molecule has 0 saturated heterocycles. The van der Waals surface area contributed by atoms with E-state index >= 15 is 0 Å². The smallest absolute Gasteiger partial charge is 0.341 e. The Morgan fingerprint density at radius 3 is 2.00 bits per heavy atom. The van der Waals surface area contributed by atoms with E-state index in [4.69, 9.17) is 8.85 Å². The minimum Gasteiger partial charge on any atom is -0.394 e. The van der Waals surface area contributed by atoms with Crippen LogP contribution in [0.2, 0.25) is 11.6 Å². The zero-order valence-electron chi connectivity index (χ0n) is 18.8. The maximum atomic E-state index is 7.10. The van der Waals surface area contributed by atoms with E-state index in [1.54, 1.807) is 0 Å². The second kappa shape index (κ2) is 13.4. The third-order valence-electron chi connectivity index (χ3n) is 7.19. The molecular formula is C24H48O2Si. The number of hydrogen-bond acceptors (Lipinski definition) is 2. The van der Waals surface area contributed by atoms with E-state index < -0.39 is 8.56 Å². The molecule has 2 fully saturated rings. The molecule has 0 N–H and O–H groups in total. The number of hydrogen-bond donors (Lipinski definition) is 0. The van der Waals surface area contributed by atoms with E-state index in [0.717, 1.165) is 18.1 Å². The normalized spacial score (nSPS) is 23.2. The lowest BCUT2D eigenvalue weighted by atomic mass is 9.86. The van der Waals surface area contributed by atoms with E-state index in [-0.39, 0.29) is 0 Å². The largest absolute Gasteiger partial charge is 0.394 e. The van der Waals surface area contributed by atoms with Crippen molar-refractivity contribution in [2.45, 2.75) is 141 Å². The van der Waals surface area contributed by atoms with Crippen LogP contribution in [0.25, 0.3) is 0 Å². The molecule has 2 rings (SSSR count). The molecule has 2 atom stereocenters. The minimum atomic E-state index is -2.11. The van der Waals surface area contributed by atoms with Gasteiger partial charge in [-0.3, -0.25) is 0 Å². The SMILES string of the molecule is CCCCCCCC[Si](OCC)(OC(C)C1CCCCC1)C1CCCCC1. The summed E-state index contributed by atoms with van der Waals surface area (Å²) < 4.78 is 13.8. The van der Waals surface area contributed by atoms with E-state index in [9.17, 15) is 0 Å². The van der Waals surface area contributed by atoms with E-state index in [0.29, 0.717) is 6.10 Å². The summed E-state index contributed by atoms with van der Waals surface area (Å²) >= 11 is 0. The average Bonchev–Trinajstić information content (AvgIpc) is 2.72. The zero-order chi connectivity index (χ0) is 19.4. The van der Waals surface area contributed by atoms with Crippen molar-refractivity contribution in [2.24, 2.45) is 5.92 Å². The van der Waals surface area contributed by atoms with Crippen molar-refractivity contribution >= 4 is 8.56 Å². The summed E-state index contributed by atoms with van der Waals surface area (Å²) in [6.07, 6.45) is 22.5. The summed E-state index contributed by atoms with van der Waals surface area (Å²) in [4.78, 5) is 0. The van der Waals surface area contributed by atoms with Gasteiger partial charge in [0.25, 0.3) is 0 Å². The van der Waals surface area contributed by atoms with Crippen LogP contribution in [0.4, 0.5) is 0 Å². The van der Waals surface area contributed by atoms with E-state index in [1.807, 2.05) is 0 Å². The molecular weight excluding hydrogens is 348 g/mol. The fraction of sp³-hybridized carbons (Fsp3) is 1.00. The Morgan fingerprint density at radius 2 is 1.37 bits per heavy atom. The van der Waals surface area contributed by atoms with Crippen LogP contribution in [0.5, 0.6) is 0 Å². The van der Waals surface area contributed by atoms with Crippen LogP contribution in [-0.2, 0) is 8.85 Å². The second-order valence-electron chi connectivity index (χ2n) is 9.32. The average molecular weight is 397 g/mol. The molecule has 0 aromatic rings. The molecule has 0 bridgehead atoms. The van der Waals surface area contributed by atoms with Gasteiger partial charge in [0.15, 0.2) is 0 Å². The number of rotatable bonds is 13. The standard InChI is InChI=1S/C24H48O2Si/c1-4-6-7-8-9-16-21-27(25-5-2,24-19-14-11-15-20-24)26-22(3)23-17-12-10-13-18-23/h22-24H,4-21H2,1-3H3. The van der Waals surface area contributed by atoms with Gasteiger partial charge in [-0.1, -0.05) is 84.0 Å². The van der Waals surface area contributed by atoms with Gasteiger partial charge in [-0.25, -0.2) is 0 Å². The molecule has 3 heteroatoms. The minimum absolute atomic E-state index is 0.408. The van der Waals surface area contributed by atoms with Crippen molar-refractivity contribution in [2.75, 3.05) is 6.61 Å². The van der Waals surface area contributed by atoms with Crippen LogP contribution in [0.15, 0.2) is 0 Å². The van der Waals surface area contributed by atoms with Crippen LogP contribution in [-0.4, -0.2) is 21.3 Å². The third-order valence-corrected chi connectivity index (χ3v) is 11.6. The molecule has 2 aliphatic carbocycles. The summed E-state index contributed by atoms with van der Waals surface area (Å²) in [6.45, 7) is 7.72. The summed E-state index contributed by atoms with van der Waals surface area (Å²) in [5, 5.41) is 0. The lowest BCUT2D eigenvalue weighted by Crippen LogP contribution is -2.51. The molecule has 0 heterocycles. The lowest BCUT2D eigenvalue weighted by molar-refractivity contribution is 0.0614. The Hall–Kier alpha value is 0.137. The first-order valence-electron chi connectivity index (χ1n) is 12.5. The maximum absolute atomic E-state index is 7.10. The predicted molar refractivity (Wildman–Crippen MR) is 120 cm³/mol. The molecule has 0 spiro atoms. The Bertz CT molecular complexity index is 363. The highest BCUT2D eigenvalue weighted by Gasteiger charge is 2.47. The van der Waals surface area contributed by atoms with Crippen LogP contribution >= 0.6 is 0 Å². The van der Waals surface area contributed by atoms with Gasteiger partial charge in [0.2, 0.25) is 0 Å². The Morgan fingerprint density at radius 1 is 0.778 bits per heavy atom. The monoisotopic (exact) mass is 396 g/mol. The van der Waals surface area contributed by atoms with Gasteiger partial charge in [0.1, 0.15) is 0 Å². The van der Waals surface area contributed by atoms with Crippen molar-refractivity contribution in [3.63, 3.8) is 0 Å². The van der Waals surface area contributed by atoms with Crippen molar-refractivity contribution in [1.29, 1.82) is 0 Å². The first kappa shape index (κ1) is 23.4. The predicted octanol–water partition coefficient (Wildman–Crippen LogP) is 8.15. The maximum Gasteiger partial charge on any atom is 0.341 e. The summed E-state index contributed by atoms with van der Waals surface area (Å²) in [7, 11) is -2.11. The zero-order valence-corrected chi connectivity index (χ0v) is 19.8. The summed E-state index contributed by atoms with van der Waals surface area (Å²) in [5.74, 6) is 0.777. The van der Waals surface area contributed by atoms with Gasteiger partial charge in [0.05, 0.1) is 0 Å². The molecule has 0 aromatic carbocycles. The molecule has 2 saturated carbocycles. The molecule has 2 unspecified atom stereocenters. The highest BCUT2D eigenvalue weighted by molar-refractivity contribution is 6.69. The first-order chi connectivity index (χ1) is 13.2. The van der Waals surface area contributed by atoms with E-state index in [1.165, 1.54) is 109 Å². The van der Waals surface area contributed by atoms with Gasteiger partial charge in [-0.2, -0.15) is 0 Å². The first-order valence-corrected chi connectivity index (χ1v) is 14.6. The fourth-order valence-corrected chi connectivity index (χ4v) is 10.0. The van der Waals surface area contributed by atoms with Gasteiger partial charge in [-0.15, -0.1) is 0 Å². The summed E-state index contributed by atoms with van der Waals surface area (Å²) in [6, 6.07) is 1.24. The van der Waals surface area contributed by atoms with Crippen molar-refractivity contribution in [3.8, 4) is 0 Å². The molecule has 0 aromatic heterocycles. The molecule has 2 aliphatic rings. The number of unbranched alkanes of at least 4 members (excludes halogenated alkanes) is 5. The van der Waals surface area contributed by atoms with Gasteiger partial charge in [0, 0.05) is 18.3 Å². The molecule has 160 valence electrons. The highest BCUT2D eigenvalue weighted by atomic mass is 28.4. The Kier molecular flexibility index (Phi) is 11.6. The molecule has 0 amide bonds. The van der Waals surface area contributed by atoms with Crippen molar-refractivity contribution in [3.05, 3.63) is 0 Å². The molecule has 0 radical (unpaired) electrons.